The molecule has 2 N–H and O–H groups in total. The molecular formula is C19H18ClN3O. The molecule has 2 rings (SSSR count). The van der Waals surface area contributed by atoms with Crippen LogP contribution in [0.4, 0.5) is 5.69 Å². The number of carbonyl (C=O) groups is 1. The Kier molecular flexibility index (Phi) is 6.00. The Morgan fingerprint density at radius 1 is 1.21 bits per heavy atom. The maximum absolute atomic E-state index is 12.3. The Labute approximate surface area is 146 Å². The van der Waals surface area contributed by atoms with E-state index in [2.05, 4.69) is 10.6 Å². The van der Waals surface area contributed by atoms with Crippen molar-refractivity contribution in [2.45, 2.75) is 19.9 Å². The van der Waals surface area contributed by atoms with E-state index in [0.29, 0.717) is 5.02 Å². The van der Waals surface area contributed by atoms with Gasteiger partial charge in [0.15, 0.2) is 0 Å². The van der Waals surface area contributed by atoms with Crippen LogP contribution in [0.15, 0.2) is 60.3 Å². The summed E-state index contributed by atoms with van der Waals surface area (Å²) < 4.78 is 0. The fraction of sp³-hybridized carbons (Fsp3) is 0.158. The first-order valence-corrected chi connectivity index (χ1v) is 7.88. The lowest BCUT2D eigenvalue weighted by Crippen LogP contribution is -2.28. The van der Waals surface area contributed by atoms with Gasteiger partial charge in [0.2, 0.25) is 0 Å². The summed E-state index contributed by atoms with van der Waals surface area (Å²) in [7, 11) is 0. The predicted molar refractivity (Wildman–Crippen MR) is 96.5 cm³/mol. The molecule has 2 aromatic carbocycles. The van der Waals surface area contributed by atoms with Crippen LogP contribution in [0.3, 0.4) is 0 Å². The number of rotatable bonds is 5. The van der Waals surface area contributed by atoms with Gasteiger partial charge in [-0.2, -0.15) is 5.26 Å². The first-order chi connectivity index (χ1) is 11.5. The van der Waals surface area contributed by atoms with E-state index in [1.165, 1.54) is 6.20 Å². The van der Waals surface area contributed by atoms with Crippen LogP contribution >= 0.6 is 11.6 Å². The number of carbonyl (C=O) groups excluding carboxylic acids is 1. The van der Waals surface area contributed by atoms with Gasteiger partial charge in [-0.15, -0.1) is 0 Å². The number of amides is 1. The Bertz CT molecular complexity index is 794. The highest BCUT2D eigenvalue weighted by molar-refractivity contribution is 6.31. The van der Waals surface area contributed by atoms with Gasteiger partial charge in [-0.3, -0.25) is 4.79 Å². The molecule has 0 aliphatic heterocycles. The summed E-state index contributed by atoms with van der Waals surface area (Å²) in [6, 6.07) is 16.7. The van der Waals surface area contributed by atoms with Crippen molar-refractivity contribution in [2.24, 2.45) is 0 Å². The van der Waals surface area contributed by atoms with Crippen LogP contribution in [0.25, 0.3) is 0 Å². The molecule has 0 aliphatic carbocycles. The van der Waals surface area contributed by atoms with Crippen LogP contribution in [0.5, 0.6) is 0 Å². The highest BCUT2D eigenvalue weighted by Crippen LogP contribution is 2.23. The van der Waals surface area contributed by atoms with Crippen molar-refractivity contribution in [3.05, 3.63) is 76.5 Å². The van der Waals surface area contributed by atoms with Gasteiger partial charge in [0.05, 0.1) is 6.04 Å². The molecule has 0 saturated carbocycles. The van der Waals surface area contributed by atoms with E-state index in [1.807, 2.05) is 56.3 Å². The van der Waals surface area contributed by atoms with Crippen LogP contribution in [0, 0.1) is 18.3 Å². The van der Waals surface area contributed by atoms with Crippen molar-refractivity contribution in [3.8, 4) is 6.07 Å². The molecule has 4 nitrogen and oxygen atoms in total. The molecule has 1 amide bonds. The quantitative estimate of drug-likeness (QED) is 0.629. The van der Waals surface area contributed by atoms with E-state index in [0.717, 1.165) is 16.8 Å². The van der Waals surface area contributed by atoms with Crippen LogP contribution in [-0.4, -0.2) is 5.91 Å². The summed E-state index contributed by atoms with van der Waals surface area (Å²) in [5, 5.41) is 15.6. The molecule has 122 valence electrons. The molecule has 0 radical (unpaired) electrons. The third-order valence-corrected chi connectivity index (χ3v) is 4.06. The zero-order valence-corrected chi connectivity index (χ0v) is 14.3. The average molecular weight is 340 g/mol. The molecule has 0 aromatic heterocycles. The first-order valence-electron chi connectivity index (χ1n) is 7.50. The van der Waals surface area contributed by atoms with E-state index in [-0.39, 0.29) is 11.6 Å². The minimum atomic E-state index is -0.430. The lowest BCUT2D eigenvalue weighted by atomic mass is 10.1. The molecule has 0 aliphatic rings. The van der Waals surface area contributed by atoms with Crippen molar-refractivity contribution in [1.82, 2.24) is 5.32 Å². The monoisotopic (exact) mass is 339 g/mol. The Hall–Kier alpha value is -2.77. The van der Waals surface area contributed by atoms with E-state index < -0.39 is 5.91 Å². The topological polar surface area (TPSA) is 64.9 Å². The highest BCUT2D eigenvalue weighted by Gasteiger charge is 2.13. The zero-order chi connectivity index (χ0) is 17.5. The molecule has 24 heavy (non-hydrogen) atoms. The molecule has 0 spiro atoms. The number of benzene rings is 2. The fourth-order valence-electron chi connectivity index (χ4n) is 2.16. The van der Waals surface area contributed by atoms with Crippen molar-refractivity contribution >= 4 is 23.2 Å². The lowest BCUT2D eigenvalue weighted by molar-refractivity contribution is -0.117. The van der Waals surface area contributed by atoms with Gasteiger partial charge in [0.1, 0.15) is 11.6 Å². The summed E-state index contributed by atoms with van der Waals surface area (Å²) in [5.74, 6) is -0.430. The SMILES string of the molecule is Cc1c(Cl)cccc1N/C=C(/C#N)C(=O)NC(C)c1ccccc1. The second-order valence-corrected chi connectivity index (χ2v) is 5.74. The van der Waals surface area contributed by atoms with Crippen LogP contribution in [-0.2, 0) is 4.79 Å². The predicted octanol–water partition coefficient (Wildman–Crippen LogP) is 4.35. The molecule has 1 unspecified atom stereocenters. The van der Waals surface area contributed by atoms with Crippen molar-refractivity contribution < 1.29 is 4.79 Å². The van der Waals surface area contributed by atoms with Gasteiger partial charge < -0.3 is 10.6 Å². The number of halogens is 1. The summed E-state index contributed by atoms with van der Waals surface area (Å²) in [4.78, 5) is 12.3. The zero-order valence-electron chi connectivity index (χ0n) is 13.5. The van der Waals surface area contributed by atoms with Gasteiger partial charge in [-0.25, -0.2) is 0 Å². The number of nitrogens with zero attached hydrogens (tertiary/aromatic N) is 1. The van der Waals surface area contributed by atoms with E-state index >= 15 is 0 Å². The van der Waals surface area contributed by atoms with Gasteiger partial charge >= 0.3 is 0 Å². The third kappa shape index (κ3) is 4.37. The minimum Gasteiger partial charge on any atom is -0.360 e. The summed E-state index contributed by atoms with van der Waals surface area (Å²) >= 11 is 6.06. The van der Waals surface area contributed by atoms with E-state index in [9.17, 15) is 10.1 Å². The number of hydrogen-bond acceptors (Lipinski definition) is 3. The molecule has 1 atom stereocenters. The van der Waals surface area contributed by atoms with Crippen LogP contribution < -0.4 is 10.6 Å². The molecular weight excluding hydrogens is 322 g/mol. The maximum Gasteiger partial charge on any atom is 0.263 e. The second-order valence-electron chi connectivity index (χ2n) is 5.33. The van der Waals surface area contributed by atoms with E-state index in [1.54, 1.807) is 12.1 Å². The maximum atomic E-state index is 12.3. The molecule has 5 heteroatoms. The average Bonchev–Trinajstić information content (AvgIpc) is 2.59. The normalized spacial score (nSPS) is 12.2. The summed E-state index contributed by atoms with van der Waals surface area (Å²) in [5.41, 5.74) is 2.57. The fourth-order valence-corrected chi connectivity index (χ4v) is 2.34. The largest absolute Gasteiger partial charge is 0.360 e. The summed E-state index contributed by atoms with van der Waals surface area (Å²) in [6.45, 7) is 3.73. The number of anilines is 1. The Morgan fingerprint density at radius 2 is 1.92 bits per heavy atom. The molecule has 0 fully saturated rings. The van der Waals surface area contributed by atoms with E-state index in [4.69, 9.17) is 11.6 Å². The van der Waals surface area contributed by atoms with Gasteiger partial charge in [0.25, 0.3) is 5.91 Å². The third-order valence-electron chi connectivity index (χ3n) is 3.65. The lowest BCUT2D eigenvalue weighted by Gasteiger charge is -2.14. The van der Waals surface area contributed by atoms with Crippen molar-refractivity contribution in [2.75, 3.05) is 5.32 Å². The standard InChI is InChI=1S/C19H18ClN3O/c1-13-17(20)9-6-10-18(13)22-12-16(11-21)19(24)23-14(2)15-7-4-3-5-8-15/h3-10,12,14,22H,1-2H3,(H,23,24)/b16-12-. The highest BCUT2D eigenvalue weighted by atomic mass is 35.5. The molecule has 0 saturated heterocycles. The Morgan fingerprint density at radius 3 is 2.58 bits per heavy atom. The number of hydrogen-bond donors (Lipinski definition) is 2. The minimum absolute atomic E-state index is 0.00263. The van der Waals surface area contributed by atoms with Gasteiger partial charge in [-0.1, -0.05) is 48.0 Å². The van der Waals surface area contributed by atoms with Gasteiger partial charge in [-0.05, 0) is 37.1 Å². The first kappa shape index (κ1) is 17.6. The molecule has 0 heterocycles. The van der Waals surface area contributed by atoms with Crippen LogP contribution in [0.1, 0.15) is 24.1 Å². The smallest absolute Gasteiger partial charge is 0.263 e. The molecule has 2 aromatic rings. The van der Waals surface area contributed by atoms with Crippen LogP contribution in [0.2, 0.25) is 5.02 Å². The summed E-state index contributed by atoms with van der Waals surface area (Å²) in [6.07, 6.45) is 1.39. The molecule has 0 bridgehead atoms. The van der Waals surface area contributed by atoms with Crippen molar-refractivity contribution in [1.29, 1.82) is 5.26 Å². The number of nitriles is 1. The van der Waals surface area contributed by atoms with Crippen molar-refractivity contribution in [3.63, 3.8) is 0 Å². The Balaban J connectivity index is 2.09. The number of nitrogens with one attached hydrogen (secondary N) is 2. The second kappa shape index (κ2) is 8.19. The van der Waals surface area contributed by atoms with Gasteiger partial charge in [0, 0.05) is 16.9 Å².